The second-order valence-corrected chi connectivity index (χ2v) is 6.46. The number of nitrogens with two attached hydrogens (primary N) is 2. The summed E-state index contributed by atoms with van der Waals surface area (Å²) in [6, 6.07) is 3.66. The van der Waals surface area contributed by atoms with E-state index in [1.165, 1.54) is 32.3 Å². The molecule has 19 heavy (non-hydrogen) atoms. The highest BCUT2D eigenvalue weighted by atomic mass is 32.2. The van der Waals surface area contributed by atoms with Crippen LogP contribution in [-0.2, 0) is 14.8 Å². The number of carbonyl (C=O) groups is 1. The quantitative estimate of drug-likeness (QED) is 0.648. The van der Waals surface area contributed by atoms with Crippen molar-refractivity contribution >= 4 is 27.3 Å². The van der Waals surface area contributed by atoms with Crippen molar-refractivity contribution in [3.63, 3.8) is 0 Å². The lowest BCUT2D eigenvalue weighted by atomic mass is 10.2. The SMILES string of the molecule is CC(Nc1ccc(S(=O)(=O)N(C)C)cc1N)C(N)=O. The van der Waals surface area contributed by atoms with Crippen molar-refractivity contribution in [3.8, 4) is 0 Å². The molecule has 0 aliphatic heterocycles. The van der Waals surface area contributed by atoms with Gasteiger partial charge in [0, 0.05) is 14.1 Å². The zero-order valence-electron chi connectivity index (χ0n) is 11.0. The number of nitrogen functional groups attached to an aromatic ring is 1. The lowest BCUT2D eigenvalue weighted by Crippen LogP contribution is -2.32. The molecule has 0 saturated heterocycles. The number of anilines is 2. The third-order valence-corrected chi connectivity index (χ3v) is 4.41. The Kier molecular flexibility index (Phi) is 4.38. The average Bonchev–Trinajstić information content (AvgIpc) is 2.30. The van der Waals surface area contributed by atoms with E-state index >= 15 is 0 Å². The normalized spacial score (nSPS) is 13.3. The minimum absolute atomic E-state index is 0.0901. The largest absolute Gasteiger partial charge is 0.397 e. The van der Waals surface area contributed by atoms with Crippen LogP contribution in [0.25, 0.3) is 0 Å². The molecule has 0 bridgehead atoms. The number of rotatable bonds is 5. The minimum Gasteiger partial charge on any atom is -0.397 e. The molecule has 0 fully saturated rings. The molecule has 8 heteroatoms. The molecule has 0 saturated carbocycles. The molecular formula is C11H18N4O3S. The molecule has 0 aliphatic rings. The molecule has 1 amide bonds. The summed E-state index contributed by atoms with van der Waals surface area (Å²) in [5, 5.41) is 2.81. The number of hydrogen-bond acceptors (Lipinski definition) is 5. The van der Waals surface area contributed by atoms with E-state index in [4.69, 9.17) is 11.5 Å². The highest BCUT2D eigenvalue weighted by molar-refractivity contribution is 7.89. The van der Waals surface area contributed by atoms with Crippen LogP contribution >= 0.6 is 0 Å². The Morgan fingerprint density at radius 2 is 1.95 bits per heavy atom. The first kappa shape index (κ1) is 15.3. The van der Waals surface area contributed by atoms with Crippen molar-refractivity contribution in [3.05, 3.63) is 18.2 Å². The summed E-state index contributed by atoms with van der Waals surface area (Å²) in [4.78, 5) is 11.0. The van der Waals surface area contributed by atoms with E-state index in [9.17, 15) is 13.2 Å². The average molecular weight is 286 g/mol. The van der Waals surface area contributed by atoms with Gasteiger partial charge < -0.3 is 16.8 Å². The Hall–Kier alpha value is -1.80. The van der Waals surface area contributed by atoms with Crippen LogP contribution in [0.1, 0.15) is 6.92 Å². The van der Waals surface area contributed by atoms with Gasteiger partial charge in [0.15, 0.2) is 0 Å². The summed E-state index contributed by atoms with van der Waals surface area (Å²) < 4.78 is 24.9. The van der Waals surface area contributed by atoms with Crippen LogP contribution in [0.4, 0.5) is 11.4 Å². The van der Waals surface area contributed by atoms with E-state index in [0.717, 1.165) is 4.31 Å². The van der Waals surface area contributed by atoms with Crippen LogP contribution in [0.5, 0.6) is 0 Å². The third kappa shape index (κ3) is 3.36. The number of nitrogens with zero attached hydrogens (tertiary/aromatic N) is 1. The van der Waals surface area contributed by atoms with Crippen molar-refractivity contribution in [2.75, 3.05) is 25.1 Å². The van der Waals surface area contributed by atoms with Crippen molar-refractivity contribution in [1.29, 1.82) is 0 Å². The lowest BCUT2D eigenvalue weighted by molar-refractivity contribution is -0.118. The molecule has 7 nitrogen and oxygen atoms in total. The van der Waals surface area contributed by atoms with Crippen LogP contribution in [0.2, 0.25) is 0 Å². The Labute approximate surface area is 112 Å². The van der Waals surface area contributed by atoms with Crippen LogP contribution in [0.15, 0.2) is 23.1 Å². The highest BCUT2D eigenvalue weighted by Crippen LogP contribution is 2.24. The molecule has 5 N–H and O–H groups in total. The molecule has 1 atom stereocenters. The molecule has 1 rings (SSSR count). The first-order valence-electron chi connectivity index (χ1n) is 5.54. The maximum atomic E-state index is 11.9. The zero-order valence-corrected chi connectivity index (χ0v) is 11.9. The van der Waals surface area contributed by atoms with Gasteiger partial charge in [-0.25, -0.2) is 12.7 Å². The Balaban J connectivity index is 3.09. The van der Waals surface area contributed by atoms with E-state index in [2.05, 4.69) is 5.32 Å². The second kappa shape index (κ2) is 5.45. The third-order valence-electron chi connectivity index (χ3n) is 2.60. The maximum absolute atomic E-state index is 11.9. The molecule has 1 aromatic rings. The van der Waals surface area contributed by atoms with Gasteiger partial charge in [0.05, 0.1) is 16.3 Å². The first-order chi connectivity index (χ1) is 8.66. The van der Waals surface area contributed by atoms with Crippen LogP contribution < -0.4 is 16.8 Å². The van der Waals surface area contributed by atoms with Gasteiger partial charge in [0.2, 0.25) is 15.9 Å². The molecule has 0 spiro atoms. The molecular weight excluding hydrogens is 268 g/mol. The van der Waals surface area contributed by atoms with Gasteiger partial charge in [0.1, 0.15) is 6.04 Å². The summed E-state index contributed by atoms with van der Waals surface area (Å²) in [7, 11) is -0.652. The predicted octanol–water partition coefficient (Wildman–Crippen LogP) is -0.195. The van der Waals surface area contributed by atoms with E-state index in [1.54, 1.807) is 6.92 Å². The van der Waals surface area contributed by atoms with Crippen molar-refractivity contribution in [2.24, 2.45) is 5.73 Å². The molecule has 1 aromatic carbocycles. The second-order valence-electron chi connectivity index (χ2n) is 4.30. The summed E-state index contributed by atoms with van der Waals surface area (Å²) in [6.45, 7) is 1.59. The van der Waals surface area contributed by atoms with Crippen molar-refractivity contribution < 1.29 is 13.2 Å². The maximum Gasteiger partial charge on any atom is 0.242 e. The molecule has 0 heterocycles. The number of hydrogen-bond donors (Lipinski definition) is 3. The smallest absolute Gasteiger partial charge is 0.242 e. The van der Waals surface area contributed by atoms with Crippen LogP contribution in [0.3, 0.4) is 0 Å². The van der Waals surface area contributed by atoms with Gasteiger partial charge in [-0.1, -0.05) is 0 Å². The number of sulfonamides is 1. The van der Waals surface area contributed by atoms with Gasteiger partial charge in [-0.15, -0.1) is 0 Å². The monoisotopic (exact) mass is 286 g/mol. The standard InChI is InChI=1S/C11H18N4O3S/c1-7(11(13)16)14-10-5-4-8(6-9(10)12)19(17,18)15(2)3/h4-7,14H,12H2,1-3H3,(H2,13,16). The lowest BCUT2D eigenvalue weighted by Gasteiger charge is -2.16. The predicted molar refractivity (Wildman–Crippen MR) is 74.0 cm³/mol. The van der Waals surface area contributed by atoms with Crippen LogP contribution in [0, 0.1) is 0 Å². The number of benzene rings is 1. The number of primary amides is 1. The van der Waals surface area contributed by atoms with Crippen molar-refractivity contribution in [1.82, 2.24) is 4.31 Å². The number of amides is 1. The number of carbonyl (C=O) groups excluding carboxylic acids is 1. The number of nitrogens with one attached hydrogen (secondary N) is 1. The summed E-state index contributed by atoms with van der Waals surface area (Å²) in [6.07, 6.45) is 0. The van der Waals surface area contributed by atoms with Crippen LogP contribution in [-0.4, -0.2) is 38.8 Å². The van der Waals surface area contributed by atoms with Gasteiger partial charge >= 0.3 is 0 Å². The zero-order chi connectivity index (χ0) is 14.8. The van der Waals surface area contributed by atoms with Gasteiger partial charge in [-0.2, -0.15) is 0 Å². The topological polar surface area (TPSA) is 119 Å². The molecule has 0 aromatic heterocycles. The molecule has 0 aliphatic carbocycles. The fraction of sp³-hybridized carbons (Fsp3) is 0.364. The summed E-state index contributed by atoms with van der Waals surface area (Å²) in [5.41, 5.74) is 11.6. The summed E-state index contributed by atoms with van der Waals surface area (Å²) in [5.74, 6) is -0.524. The first-order valence-corrected chi connectivity index (χ1v) is 6.98. The van der Waals surface area contributed by atoms with Crippen molar-refractivity contribution in [2.45, 2.75) is 17.9 Å². The molecule has 1 unspecified atom stereocenters. The van der Waals surface area contributed by atoms with E-state index in [-0.39, 0.29) is 10.6 Å². The molecule has 0 radical (unpaired) electrons. The molecule has 106 valence electrons. The minimum atomic E-state index is -3.53. The van der Waals surface area contributed by atoms with Gasteiger partial charge in [-0.3, -0.25) is 4.79 Å². The van der Waals surface area contributed by atoms with E-state index in [0.29, 0.717) is 5.69 Å². The summed E-state index contributed by atoms with van der Waals surface area (Å²) >= 11 is 0. The Morgan fingerprint density at radius 3 is 2.37 bits per heavy atom. The Bertz CT molecular complexity index is 584. The fourth-order valence-corrected chi connectivity index (χ4v) is 2.29. The Morgan fingerprint density at radius 1 is 1.37 bits per heavy atom. The highest BCUT2D eigenvalue weighted by Gasteiger charge is 2.18. The van der Waals surface area contributed by atoms with Gasteiger partial charge in [-0.05, 0) is 25.1 Å². The van der Waals surface area contributed by atoms with E-state index < -0.39 is 22.0 Å². The van der Waals surface area contributed by atoms with Gasteiger partial charge in [0.25, 0.3) is 0 Å². The van der Waals surface area contributed by atoms with E-state index in [1.807, 2.05) is 0 Å². The fourth-order valence-electron chi connectivity index (χ4n) is 1.35.